The molecule has 0 aliphatic rings. The Bertz CT molecular complexity index is 917. The lowest BCUT2D eigenvalue weighted by molar-refractivity contribution is 0.102. The van der Waals surface area contributed by atoms with Gasteiger partial charge in [0.25, 0.3) is 5.91 Å². The number of hydrogen-bond acceptors (Lipinski definition) is 4. The lowest BCUT2D eigenvalue weighted by atomic mass is 10.2. The van der Waals surface area contributed by atoms with Gasteiger partial charge in [-0.2, -0.15) is 5.10 Å². The van der Waals surface area contributed by atoms with Crippen LogP contribution >= 0.6 is 23.2 Å². The number of halogens is 2. The Balaban J connectivity index is 1.70. The van der Waals surface area contributed by atoms with Crippen molar-refractivity contribution >= 4 is 35.1 Å². The first-order valence-corrected chi connectivity index (χ1v) is 8.40. The van der Waals surface area contributed by atoms with Gasteiger partial charge in [-0.3, -0.25) is 14.8 Å². The van der Waals surface area contributed by atoms with E-state index in [1.54, 1.807) is 34.6 Å². The molecule has 0 unspecified atom stereocenters. The number of aromatic nitrogens is 5. The minimum Gasteiger partial charge on any atom is -0.289 e. The standard InChI is InChI=1S/C16H16Cl2N6O/c1-3-23-8-13(10(2)21-23)15(25)20-16-19-9-24(22-16)7-11-4-5-12(17)6-14(11)18/h4-6,8-9H,3,7H2,1-2H3,(H,20,22,25). The number of nitrogens with zero attached hydrogens (tertiary/aromatic N) is 5. The topological polar surface area (TPSA) is 77.6 Å². The summed E-state index contributed by atoms with van der Waals surface area (Å²) < 4.78 is 3.30. The second-order valence-electron chi connectivity index (χ2n) is 5.44. The zero-order valence-corrected chi connectivity index (χ0v) is 15.2. The number of rotatable bonds is 5. The summed E-state index contributed by atoms with van der Waals surface area (Å²) in [7, 11) is 0. The molecule has 3 aromatic rings. The van der Waals surface area contributed by atoms with Gasteiger partial charge in [0, 0.05) is 22.8 Å². The Morgan fingerprint density at radius 1 is 1.24 bits per heavy atom. The highest BCUT2D eigenvalue weighted by molar-refractivity contribution is 6.35. The van der Waals surface area contributed by atoms with Crippen LogP contribution in [0.3, 0.4) is 0 Å². The normalized spacial score (nSPS) is 10.9. The van der Waals surface area contributed by atoms with Gasteiger partial charge in [-0.25, -0.2) is 9.67 Å². The number of nitrogens with one attached hydrogen (secondary N) is 1. The van der Waals surface area contributed by atoms with E-state index in [9.17, 15) is 4.79 Å². The number of amides is 1. The number of hydrogen-bond donors (Lipinski definition) is 1. The predicted octanol–water partition coefficient (Wildman–Crippen LogP) is 3.41. The van der Waals surface area contributed by atoms with Gasteiger partial charge >= 0.3 is 0 Å². The van der Waals surface area contributed by atoms with Crippen LogP contribution in [0.1, 0.15) is 28.5 Å². The van der Waals surface area contributed by atoms with Crippen LogP contribution in [0.5, 0.6) is 0 Å². The second-order valence-corrected chi connectivity index (χ2v) is 6.28. The molecule has 0 radical (unpaired) electrons. The molecule has 0 aliphatic heterocycles. The number of aryl methyl sites for hydroxylation is 2. The van der Waals surface area contributed by atoms with Gasteiger partial charge < -0.3 is 0 Å². The van der Waals surface area contributed by atoms with Gasteiger partial charge in [0.15, 0.2) is 0 Å². The zero-order chi connectivity index (χ0) is 18.0. The highest BCUT2D eigenvalue weighted by atomic mass is 35.5. The van der Waals surface area contributed by atoms with Crippen LogP contribution in [0.25, 0.3) is 0 Å². The van der Waals surface area contributed by atoms with E-state index < -0.39 is 0 Å². The fourth-order valence-electron chi connectivity index (χ4n) is 2.32. The van der Waals surface area contributed by atoms with Crippen molar-refractivity contribution in [3.63, 3.8) is 0 Å². The largest absolute Gasteiger partial charge is 0.289 e. The van der Waals surface area contributed by atoms with Crippen molar-refractivity contribution in [1.29, 1.82) is 0 Å². The van der Waals surface area contributed by atoms with Crippen LogP contribution in [0.2, 0.25) is 10.0 Å². The van der Waals surface area contributed by atoms with Crippen LogP contribution in [0.15, 0.2) is 30.7 Å². The molecule has 1 N–H and O–H groups in total. The molecule has 0 saturated heterocycles. The first kappa shape index (κ1) is 17.4. The van der Waals surface area contributed by atoms with E-state index in [1.165, 1.54) is 6.33 Å². The molecule has 0 saturated carbocycles. The average Bonchev–Trinajstić information content (AvgIpc) is 3.16. The molecule has 2 aromatic heterocycles. The smallest absolute Gasteiger partial charge is 0.261 e. The first-order chi connectivity index (χ1) is 12.0. The fourth-order valence-corrected chi connectivity index (χ4v) is 2.79. The third kappa shape index (κ3) is 4.00. The Labute approximate surface area is 154 Å². The maximum atomic E-state index is 12.3. The highest BCUT2D eigenvalue weighted by Gasteiger charge is 2.15. The molecular weight excluding hydrogens is 363 g/mol. The van der Waals surface area contributed by atoms with Crippen LogP contribution in [0, 0.1) is 6.92 Å². The molecule has 0 atom stereocenters. The number of carbonyl (C=O) groups excluding carboxylic acids is 1. The van der Waals surface area contributed by atoms with Crippen molar-refractivity contribution in [1.82, 2.24) is 24.5 Å². The first-order valence-electron chi connectivity index (χ1n) is 7.65. The van der Waals surface area contributed by atoms with Gasteiger partial charge in [0.2, 0.25) is 5.95 Å². The maximum Gasteiger partial charge on any atom is 0.261 e. The molecule has 0 aliphatic carbocycles. The average molecular weight is 379 g/mol. The molecular formula is C16H16Cl2N6O. The van der Waals surface area contributed by atoms with E-state index in [0.29, 0.717) is 34.4 Å². The van der Waals surface area contributed by atoms with Gasteiger partial charge in [-0.1, -0.05) is 29.3 Å². The Morgan fingerprint density at radius 3 is 2.72 bits per heavy atom. The van der Waals surface area contributed by atoms with Gasteiger partial charge in [0.05, 0.1) is 17.8 Å². The van der Waals surface area contributed by atoms with E-state index in [2.05, 4.69) is 20.5 Å². The quantitative estimate of drug-likeness (QED) is 0.737. The van der Waals surface area contributed by atoms with Crippen molar-refractivity contribution < 1.29 is 4.79 Å². The third-order valence-electron chi connectivity index (χ3n) is 3.62. The molecule has 7 nitrogen and oxygen atoms in total. The van der Waals surface area contributed by atoms with Crippen LogP contribution in [0.4, 0.5) is 5.95 Å². The summed E-state index contributed by atoms with van der Waals surface area (Å²) in [6.45, 7) is 4.86. The van der Waals surface area contributed by atoms with Crippen LogP contribution in [-0.2, 0) is 13.1 Å². The highest BCUT2D eigenvalue weighted by Crippen LogP contribution is 2.21. The van der Waals surface area contributed by atoms with E-state index in [1.807, 2.05) is 13.0 Å². The van der Waals surface area contributed by atoms with E-state index in [-0.39, 0.29) is 11.9 Å². The Kier molecular flexibility index (Phi) is 5.06. The van der Waals surface area contributed by atoms with Gasteiger partial charge in [-0.15, -0.1) is 5.10 Å². The lowest BCUT2D eigenvalue weighted by Crippen LogP contribution is -2.14. The molecule has 0 bridgehead atoms. The number of carbonyl (C=O) groups is 1. The lowest BCUT2D eigenvalue weighted by Gasteiger charge is -2.04. The van der Waals surface area contributed by atoms with Crippen LogP contribution < -0.4 is 5.32 Å². The summed E-state index contributed by atoms with van der Waals surface area (Å²) >= 11 is 12.1. The Morgan fingerprint density at radius 2 is 2.04 bits per heavy atom. The minimum atomic E-state index is -0.292. The molecule has 1 amide bonds. The maximum absolute atomic E-state index is 12.3. The summed E-state index contributed by atoms with van der Waals surface area (Å²) in [4.78, 5) is 16.4. The number of benzene rings is 1. The van der Waals surface area contributed by atoms with Crippen molar-refractivity contribution in [2.45, 2.75) is 26.9 Å². The van der Waals surface area contributed by atoms with E-state index in [0.717, 1.165) is 5.56 Å². The summed E-state index contributed by atoms with van der Waals surface area (Å²) in [5.74, 6) is -0.0711. The number of anilines is 1. The molecule has 130 valence electrons. The second kappa shape index (κ2) is 7.25. The summed E-state index contributed by atoms with van der Waals surface area (Å²) in [6, 6.07) is 5.26. The molecule has 25 heavy (non-hydrogen) atoms. The van der Waals surface area contributed by atoms with E-state index >= 15 is 0 Å². The predicted molar refractivity (Wildman–Crippen MR) is 96.2 cm³/mol. The molecule has 0 fully saturated rings. The summed E-state index contributed by atoms with van der Waals surface area (Å²) in [6.07, 6.45) is 3.23. The molecule has 3 rings (SSSR count). The molecule has 2 heterocycles. The van der Waals surface area contributed by atoms with Crippen molar-refractivity contribution in [2.75, 3.05) is 5.32 Å². The molecule has 0 spiro atoms. The zero-order valence-electron chi connectivity index (χ0n) is 13.7. The SMILES string of the molecule is CCn1cc(C(=O)Nc2ncn(Cc3ccc(Cl)cc3Cl)n2)c(C)n1. The van der Waals surface area contributed by atoms with Crippen molar-refractivity contribution in [2.24, 2.45) is 0 Å². The van der Waals surface area contributed by atoms with Crippen molar-refractivity contribution in [3.05, 3.63) is 57.6 Å². The minimum absolute atomic E-state index is 0.221. The van der Waals surface area contributed by atoms with Gasteiger partial charge in [0.1, 0.15) is 6.33 Å². The molecule has 9 heteroatoms. The fraction of sp³-hybridized carbons (Fsp3) is 0.250. The monoisotopic (exact) mass is 378 g/mol. The van der Waals surface area contributed by atoms with Gasteiger partial charge in [-0.05, 0) is 31.5 Å². The summed E-state index contributed by atoms with van der Waals surface area (Å²) in [5, 5.41) is 12.3. The van der Waals surface area contributed by atoms with Crippen molar-refractivity contribution in [3.8, 4) is 0 Å². The Hall–Kier alpha value is -2.38. The third-order valence-corrected chi connectivity index (χ3v) is 4.21. The molecule has 1 aromatic carbocycles. The van der Waals surface area contributed by atoms with E-state index in [4.69, 9.17) is 23.2 Å². The summed E-state index contributed by atoms with van der Waals surface area (Å²) in [5.41, 5.74) is 2.01. The van der Waals surface area contributed by atoms with Crippen LogP contribution in [-0.4, -0.2) is 30.5 Å².